The van der Waals surface area contributed by atoms with Crippen molar-refractivity contribution in [3.05, 3.63) is 0 Å². The first kappa shape index (κ1) is 13.0. The third-order valence-electron chi connectivity index (χ3n) is 2.97. The summed E-state index contributed by atoms with van der Waals surface area (Å²) in [5.41, 5.74) is -0.733. The van der Waals surface area contributed by atoms with Crippen molar-refractivity contribution in [3.8, 4) is 0 Å². The fourth-order valence-corrected chi connectivity index (χ4v) is 1.64. The van der Waals surface area contributed by atoms with Crippen LogP contribution in [-0.2, 0) is 9.59 Å². The van der Waals surface area contributed by atoms with Gasteiger partial charge in [-0.3, -0.25) is 9.59 Å². The minimum Gasteiger partial charge on any atom is -0.355 e. The summed E-state index contributed by atoms with van der Waals surface area (Å²) >= 11 is 0. The highest BCUT2D eigenvalue weighted by atomic mass is 16.2. The Labute approximate surface area is 97.2 Å². The van der Waals surface area contributed by atoms with Crippen LogP contribution in [0.2, 0.25) is 0 Å². The Morgan fingerprint density at radius 1 is 1.00 bits per heavy atom. The predicted molar refractivity (Wildman–Crippen MR) is 62.9 cm³/mol. The highest BCUT2D eigenvalue weighted by Gasteiger charge is 2.56. The molecule has 4 nitrogen and oxygen atoms in total. The Bertz CT molecular complexity index is 260. The molecule has 0 aromatic heterocycles. The lowest BCUT2D eigenvalue weighted by molar-refractivity contribution is -0.137. The van der Waals surface area contributed by atoms with E-state index in [1.807, 2.05) is 6.92 Å². The zero-order chi connectivity index (χ0) is 12.0. The molecule has 1 rings (SSSR count). The Balaban J connectivity index is 2.38. The van der Waals surface area contributed by atoms with Crippen LogP contribution in [0.1, 0.15) is 46.0 Å². The molecular weight excluding hydrogens is 204 g/mol. The van der Waals surface area contributed by atoms with E-state index < -0.39 is 5.41 Å². The molecule has 0 aliphatic heterocycles. The monoisotopic (exact) mass is 226 g/mol. The normalized spacial score (nSPS) is 16.6. The zero-order valence-electron chi connectivity index (χ0n) is 10.3. The number of carbonyl (C=O) groups excluding carboxylic acids is 2. The van der Waals surface area contributed by atoms with Gasteiger partial charge in [-0.05, 0) is 25.7 Å². The molecule has 0 heterocycles. The molecule has 0 radical (unpaired) electrons. The van der Waals surface area contributed by atoms with Crippen molar-refractivity contribution in [1.82, 2.24) is 10.6 Å². The van der Waals surface area contributed by atoms with Gasteiger partial charge < -0.3 is 10.6 Å². The first-order valence-corrected chi connectivity index (χ1v) is 6.24. The minimum absolute atomic E-state index is 0.0884. The summed E-state index contributed by atoms with van der Waals surface area (Å²) in [7, 11) is 0. The van der Waals surface area contributed by atoms with Crippen LogP contribution in [0.3, 0.4) is 0 Å². The van der Waals surface area contributed by atoms with Gasteiger partial charge in [-0.1, -0.05) is 20.3 Å². The van der Waals surface area contributed by atoms with E-state index in [-0.39, 0.29) is 11.8 Å². The molecule has 1 aliphatic carbocycles. The predicted octanol–water partition coefficient (Wildman–Crippen LogP) is 1.21. The van der Waals surface area contributed by atoms with E-state index in [9.17, 15) is 9.59 Å². The van der Waals surface area contributed by atoms with Crippen LogP contribution in [0.25, 0.3) is 0 Å². The molecule has 0 unspecified atom stereocenters. The Hall–Kier alpha value is -1.06. The minimum atomic E-state index is -0.733. The van der Waals surface area contributed by atoms with E-state index in [2.05, 4.69) is 17.6 Å². The van der Waals surface area contributed by atoms with Crippen molar-refractivity contribution in [2.45, 2.75) is 46.0 Å². The first-order chi connectivity index (χ1) is 7.67. The number of rotatable bonds is 7. The number of nitrogens with one attached hydrogen (secondary N) is 2. The Morgan fingerprint density at radius 3 is 2.00 bits per heavy atom. The quantitative estimate of drug-likeness (QED) is 0.506. The van der Waals surface area contributed by atoms with Gasteiger partial charge >= 0.3 is 0 Å². The highest BCUT2D eigenvalue weighted by Crippen LogP contribution is 2.46. The molecular formula is C12H22N2O2. The van der Waals surface area contributed by atoms with Crippen LogP contribution in [0.5, 0.6) is 0 Å². The van der Waals surface area contributed by atoms with Gasteiger partial charge in [0, 0.05) is 13.1 Å². The van der Waals surface area contributed by atoms with Crippen molar-refractivity contribution in [2.75, 3.05) is 13.1 Å². The van der Waals surface area contributed by atoms with Crippen molar-refractivity contribution in [2.24, 2.45) is 5.41 Å². The van der Waals surface area contributed by atoms with Gasteiger partial charge in [-0.15, -0.1) is 0 Å². The molecule has 0 saturated heterocycles. The van der Waals surface area contributed by atoms with Gasteiger partial charge in [-0.2, -0.15) is 0 Å². The van der Waals surface area contributed by atoms with Crippen LogP contribution in [0.4, 0.5) is 0 Å². The van der Waals surface area contributed by atoms with Crippen molar-refractivity contribution >= 4 is 11.8 Å². The SMILES string of the molecule is CCCCNC(=O)C1(C(=O)NCCC)CC1. The van der Waals surface area contributed by atoms with Gasteiger partial charge in [0.15, 0.2) is 0 Å². The van der Waals surface area contributed by atoms with Gasteiger partial charge in [-0.25, -0.2) is 0 Å². The number of hydrogen-bond acceptors (Lipinski definition) is 2. The lowest BCUT2D eigenvalue weighted by Crippen LogP contribution is -2.43. The number of amides is 2. The summed E-state index contributed by atoms with van der Waals surface area (Å²) in [6, 6.07) is 0. The average molecular weight is 226 g/mol. The molecule has 1 fully saturated rings. The lowest BCUT2D eigenvalue weighted by Gasteiger charge is -2.14. The summed E-state index contributed by atoms with van der Waals surface area (Å²) in [5.74, 6) is -0.182. The van der Waals surface area contributed by atoms with E-state index in [1.165, 1.54) is 0 Å². The standard InChI is InChI=1S/C12H22N2O2/c1-3-5-9-14-11(16)12(6-7-12)10(15)13-8-4-2/h3-9H2,1-2H3,(H,13,15)(H,14,16). The molecule has 2 N–H and O–H groups in total. The molecule has 1 saturated carbocycles. The summed E-state index contributed by atoms with van der Waals surface area (Å²) in [6.07, 6.45) is 4.31. The summed E-state index contributed by atoms with van der Waals surface area (Å²) in [6.45, 7) is 5.41. The van der Waals surface area contributed by atoms with Gasteiger partial charge in [0.25, 0.3) is 0 Å². The fraction of sp³-hybridized carbons (Fsp3) is 0.833. The number of carbonyl (C=O) groups is 2. The van der Waals surface area contributed by atoms with Crippen LogP contribution in [0.15, 0.2) is 0 Å². The van der Waals surface area contributed by atoms with Crippen LogP contribution in [-0.4, -0.2) is 24.9 Å². The maximum Gasteiger partial charge on any atom is 0.235 e. The van der Waals surface area contributed by atoms with Crippen molar-refractivity contribution < 1.29 is 9.59 Å². The molecule has 1 aliphatic rings. The number of unbranched alkanes of at least 4 members (excludes halogenated alkanes) is 1. The van der Waals surface area contributed by atoms with E-state index in [0.29, 0.717) is 25.9 Å². The average Bonchev–Trinajstić information content (AvgIpc) is 3.07. The van der Waals surface area contributed by atoms with Crippen LogP contribution in [0, 0.1) is 5.41 Å². The van der Waals surface area contributed by atoms with E-state index in [0.717, 1.165) is 19.3 Å². The van der Waals surface area contributed by atoms with Crippen molar-refractivity contribution in [3.63, 3.8) is 0 Å². The molecule has 0 aromatic carbocycles. The Morgan fingerprint density at radius 2 is 1.56 bits per heavy atom. The summed E-state index contributed by atoms with van der Waals surface area (Å²) < 4.78 is 0. The van der Waals surface area contributed by atoms with Gasteiger partial charge in [0.05, 0.1) is 0 Å². The highest BCUT2D eigenvalue weighted by molar-refractivity contribution is 6.07. The second-order valence-electron chi connectivity index (χ2n) is 4.45. The molecule has 0 atom stereocenters. The molecule has 0 aromatic rings. The molecule has 0 bridgehead atoms. The van der Waals surface area contributed by atoms with Gasteiger partial charge in [0.2, 0.25) is 11.8 Å². The summed E-state index contributed by atoms with van der Waals surface area (Å²) in [5, 5.41) is 5.65. The first-order valence-electron chi connectivity index (χ1n) is 6.24. The van der Waals surface area contributed by atoms with E-state index >= 15 is 0 Å². The molecule has 16 heavy (non-hydrogen) atoms. The van der Waals surface area contributed by atoms with Crippen LogP contribution < -0.4 is 10.6 Å². The van der Waals surface area contributed by atoms with E-state index in [1.54, 1.807) is 0 Å². The third kappa shape index (κ3) is 2.97. The Kier molecular flexibility index (Phi) is 4.77. The molecule has 92 valence electrons. The van der Waals surface area contributed by atoms with Crippen LogP contribution >= 0.6 is 0 Å². The second kappa shape index (κ2) is 5.87. The maximum absolute atomic E-state index is 11.8. The van der Waals surface area contributed by atoms with E-state index in [4.69, 9.17) is 0 Å². The largest absolute Gasteiger partial charge is 0.355 e. The number of hydrogen-bond donors (Lipinski definition) is 2. The maximum atomic E-state index is 11.8. The molecule has 2 amide bonds. The second-order valence-corrected chi connectivity index (χ2v) is 4.45. The lowest BCUT2D eigenvalue weighted by atomic mass is 10.1. The molecule has 4 heteroatoms. The summed E-state index contributed by atoms with van der Waals surface area (Å²) in [4.78, 5) is 23.6. The smallest absolute Gasteiger partial charge is 0.235 e. The van der Waals surface area contributed by atoms with Gasteiger partial charge in [0.1, 0.15) is 5.41 Å². The zero-order valence-corrected chi connectivity index (χ0v) is 10.3. The topological polar surface area (TPSA) is 58.2 Å². The third-order valence-corrected chi connectivity index (χ3v) is 2.97. The van der Waals surface area contributed by atoms with Crippen molar-refractivity contribution in [1.29, 1.82) is 0 Å². The fourth-order valence-electron chi connectivity index (χ4n) is 1.64. The molecule has 0 spiro atoms.